The summed E-state index contributed by atoms with van der Waals surface area (Å²) in [7, 11) is 0. The number of hydrogen-bond acceptors (Lipinski definition) is 4. The van der Waals surface area contributed by atoms with E-state index >= 15 is 0 Å². The maximum absolute atomic E-state index is 12.5. The quantitative estimate of drug-likeness (QED) is 0.421. The molecule has 124 valence electrons. The molecule has 6 nitrogen and oxygen atoms in total. The zero-order chi connectivity index (χ0) is 17.1. The molecule has 2 aromatic rings. The number of benzene rings is 2. The highest BCUT2D eigenvalue weighted by Gasteiger charge is 2.25. The van der Waals surface area contributed by atoms with Crippen LogP contribution in [0.3, 0.4) is 0 Å². The summed E-state index contributed by atoms with van der Waals surface area (Å²) in [6, 6.07) is 14.2. The van der Waals surface area contributed by atoms with Crippen LogP contribution in [-0.4, -0.2) is 41.9 Å². The van der Waals surface area contributed by atoms with E-state index in [0.29, 0.717) is 37.4 Å². The molecule has 0 N–H and O–H groups in total. The van der Waals surface area contributed by atoms with Gasteiger partial charge in [0.25, 0.3) is 11.6 Å². The number of carbonyl (C=O) groups excluding carboxylic acids is 1. The number of rotatable bonds is 3. The summed E-state index contributed by atoms with van der Waals surface area (Å²) in [5.41, 5.74) is 1.40. The molecule has 0 radical (unpaired) electrons. The van der Waals surface area contributed by atoms with E-state index < -0.39 is 0 Å². The molecule has 1 heterocycles. The molecule has 1 aliphatic rings. The standard InChI is InChI=1S/C17H16IN3O3/c18-14-7-5-13(6-8-14)17(22)20-11-9-19(10-12-20)15-3-1-2-4-16(15)21(23)24/h1-8H,9-12H2. The van der Waals surface area contributed by atoms with Crippen molar-refractivity contribution in [1.82, 2.24) is 4.90 Å². The van der Waals surface area contributed by atoms with Gasteiger partial charge >= 0.3 is 0 Å². The van der Waals surface area contributed by atoms with E-state index in [0.717, 1.165) is 3.57 Å². The molecule has 0 aromatic heterocycles. The molecule has 1 aliphatic heterocycles. The highest BCUT2D eigenvalue weighted by Crippen LogP contribution is 2.28. The fourth-order valence-electron chi connectivity index (χ4n) is 2.81. The fourth-order valence-corrected chi connectivity index (χ4v) is 3.17. The summed E-state index contributed by atoms with van der Waals surface area (Å²) in [5, 5.41) is 11.2. The lowest BCUT2D eigenvalue weighted by Gasteiger charge is -2.35. The van der Waals surface area contributed by atoms with Gasteiger partial charge in [-0.1, -0.05) is 12.1 Å². The van der Waals surface area contributed by atoms with E-state index in [1.54, 1.807) is 23.1 Å². The van der Waals surface area contributed by atoms with Crippen LogP contribution in [0.2, 0.25) is 0 Å². The van der Waals surface area contributed by atoms with Crippen LogP contribution in [0.1, 0.15) is 10.4 Å². The van der Waals surface area contributed by atoms with Gasteiger partial charge in [0, 0.05) is 41.4 Å². The second kappa shape index (κ2) is 7.16. The predicted molar refractivity (Wildman–Crippen MR) is 100 cm³/mol. The van der Waals surface area contributed by atoms with Crippen molar-refractivity contribution >= 4 is 39.9 Å². The van der Waals surface area contributed by atoms with Crippen molar-refractivity contribution in [2.45, 2.75) is 0 Å². The van der Waals surface area contributed by atoms with Gasteiger partial charge < -0.3 is 9.80 Å². The van der Waals surface area contributed by atoms with Gasteiger partial charge in [-0.05, 0) is 52.9 Å². The van der Waals surface area contributed by atoms with Crippen molar-refractivity contribution in [1.29, 1.82) is 0 Å². The summed E-state index contributed by atoms with van der Waals surface area (Å²) in [5.74, 6) is 0.00797. The van der Waals surface area contributed by atoms with E-state index in [1.165, 1.54) is 6.07 Å². The van der Waals surface area contributed by atoms with Gasteiger partial charge in [-0.15, -0.1) is 0 Å². The van der Waals surface area contributed by atoms with E-state index in [4.69, 9.17) is 0 Å². The number of nitro benzene ring substituents is 1. The van der Waals surface area contributed by atoms with E-state index in [-0.39, 0.29) is 16.5 Å². The fraction of sp³-hybridized carbons (Fsp3) is 0.235. The molecule has 2 aromatic carbocycles. The van der Waals surface area contributed by atoms with E-state index in [1.807, 2.05) is 29.2 Å². The Bertz CT molecular complexity index is 756. The molecule has 0 saturated carbocycles. The number of para-hydroxylation sites is 2. The second-order valence-corrected chi connectivity index (χ2v) is 6.78. The Morgan fingerprint density at radius 1 is 1.00 bits per heavy atom. The Labute approximate surface area is 153 Å². The van der Waals surface area contributed by atoms with Crippen LogP contribution in [0.25, 0.3) is 0 Å². The van der Waals surface area contributed by atoms with E-state index in [9.17, 15) is 14.9 Å². The highest BCUT2D eigenvalue weighted by atomic mass is 127. The van der Waals surface area contributed by atoms with Gasteiger partial charge in [-0.3, -0.25) is 14.9 Å². The summed E-state index contributed by atoms with van der Waals surface area (Å²) in [6.07, 6.45) is 0. The number of halogens is 1. The molecule has 7 heteroatoms. The molecule has 0 aliphatic carbocycles. The second-order valence-electron chi connectivity index (χ2n) is 5.53. The number of nitrogens with zero attached hydrogens (tertiary/aromatic N) is 3. The third kappa shape index (κ3) is 3.50. The zero-order valence-electron chi connectivity index (χ0n) is 12.9. The molecule has 1 saturated heterocycles. The molecular weight excluding hydrogens is 421 g/mol. The van der Waals surface area contributed by atoms with Gasteiger partial charge in [0.05, 0.1) is 4.92 Å². The van der Waals surface area contributed by atoms with Gasteiger partial charge in [-0.2, -0.15) is 0 Å². The molecule has 24 heavy (non-hydrogen) atoms. The minimum absolute atomic E-state index is 0.00797. The number of anilines is 1. The average molecular weight is 437 g/mol. The number of carbonyl (C=O) groups is 1. The Balaban J connectivity index is 1.69. The molecule has 0 atom stereocenters. The summed E-state index contributed by atoms with van der Waals surface area (Å²) in [6.45, 7) is 2.27. The molecule has 1 fully saturated rings. The van der Waals surface area contributed by atoms with E-state index in [2.05, 4.69) is 22.6 Å². The lowest BCUT2D eigenvalue weighted by Crippen LogP contribution is -2.48. The van der Waals surface area contributed by atoms with Crippen molar-refractivity contribution in [3.05, 3.63) is 67.8 Å². The zero-order valence-corrected chi connectivity index (χ0v) is 15.0. The predicted octanol–water partition coefficient (Wildman–Crippen LogP) is 3.16. The molecule has 0 unspecified atom stereocenters. The Hall–Kier alpha value is -2.16. The van der Waals surface area contributed by atoms with Crippen molar-refractivity contribution in [2.75, 3.05) is 31.1 Å². The van der Waals surface area contributed by atoms with Crippen molar-refractivity contribution in [3.63, 3.8) is 0 Å². The van der Waals surface area contributed by atoms with Gasteiger partial charge in [0.1, 0.15) is 5.69 Å². The van der Waals surface area contributed by atoms with Crippen LogP contribution in [0.5, 0.6) is 0 Å². The van der Waals surface area contributed by atoms with Crippen LogP contribution in [0.15, 0.2) is 48.5 Å². The van der Waals surface area contributed by atoms with Gasteiger partial charge in [-0.25, -0.2) is 0 Å². The largest absolute Gasteiger partial charge is 0.362 e. The van der Waals surface area contributed by atoms with Crippen LogP contribution in [-0.2, 0) is 0 Å². The third-order valence-corrected chi connectivity index (χ3v) is 4.80. The molecule has 1 amide bonds. The topological polar surface area (TPSA) is 66.7 Å². The average Bonchev–Trinajstić information content (AvgIpc) is 2.62. The first-order valence-corrected chi connectivity index (χ1v) is 8.67. The first-order chi connectivity index (χ1) is 11.6. The molecular formula is C17H16IN3O3. The van der Waals surface area contributed by atoms with Crippen LogP contribution in [0, 0.1) is 13.7 Å². The Kier molecular flexibility index (Phi) is 4.98. The number of piperazine rings is 1. The summed E-state index contributed by atoms with van der Waals surface area (Å²) >= 11 is 2.21. The highest BCUT2D eigenvalue weighted by molar-refractivity contribution is 14.1. The Morgan fingerprint density at radius 3 is 2.25 bits per heavy atom. The lowest BCUT2D eigenvalue weighted by molar-refractivity contribution is -0.384. The Morgan fingerprint density at radius 2 is 1.62 bits per heavy atom. The van der Waals surface area contributed by atoms with Crippen LogP contribution < -0.4 is 4.90 Å². The maximum atomic E-state index is 12.5. The first-order valence-electron chi connectivity index (χ1n) is 7.59. The molecule has 0 spiro atoms. The molecule has 3 rings (SSSR count). The van der Waals surface area contributed by atoms with Crippen molar-refractivity contribution in [3.8, 4) is 0 Å². The minimum Gasteiger partial charge on any atom is -0.362 e. The third-order valence-electron chi connectivity index (χ3n) is 4.08. The maximum Gasteiger partial charge on any atom is 0.292 e. The smallest absolute Gasteiger partial charge is 0.292 e. The van der Waals surface area contributed by atoms with Crippen LogP contribution in [0.4, 0.5) is 11.4 Å². The number of amides is 1. The molecule has 0 bridgehead atoms. The monoisotopic (exact) mass is 437 g/mol. The van der Waals surface area contributed by atoms with Gasteiger partial charge in [0.15, 0.2) is 0 Å². The van der Waals surface area contributed by atoms with Crippen molar-refractivity contribution in [2.24, 2.45) is 0 Å². The number of hydrogen-bond donors (Lipinski definition) is 0. The normalized spacial score (nSPS) is 14.5. The SMILES string of the molecule is O=C(c1ccc(I)cc1)N1CCN(c2ccccc2[N+](=O)[O-])CC1. The summed E-state index contributed by atoms with van der Waals surface area (Å²) in [4.78, 5) is 27.1. The first kappa shape index (κ1) is 16.7. The lowest BCUT2D eigenvalue weighted by atomic mass is 10.1. The van der Waals surface area contributed by atoms with Crippen molar-refractivity contribution < 1.29 is 9.72 Å². The number of nitro groups is 1. The minimum atomic E-state index is -0.363. The van der Waals surface area contributed by atoms with Crippen LogP contribution >= 0.6 is 22.6 Å². The van der Waals surface area contributed by atoms with Gasteiger partial charge in [0.2, 0.25) is 0 Å². The summed E-state index contributed by atoms with van der Waals surface area (Å²) < 4.78 is 1.09.